The topological polar surface area (TPSA) is 44.8 Å². The maximum Gasteiger partial charge on any atom is 0.309 e. The number of rotatable bonds is 3. The second kappa shape index (κ2) is 6.17. The maximum atomic E-state index is 12.8. The van der Waals surface area contributed by atoms with E-state index in [4.69, 9.17) is 25.8 Å². The molecule has 0 spiro atoms. The molecule has 134 valence electrons. The largest absolute Gasteiger partial charge is 0.467 e. The van der Waals surface area contributed by atoms with Gasteiger partial charge in [0.25, 0.3) is 0 Å². The van der Waals surface area contributed by atoms with Gasteiger partial charge in [-0.15, -0.1) is 0 Å². The average Bonchev–Trinajstić information content (AvgIpc) is 2.58. The van der Waals surface area contributed by atoms with E-state index in [-0.39, 0.29) is 25.3 Å². The third kappa shape index (κ3) is 2.83. The van der Waals surface area contributed by atoms with Crippen molar-refractivity contribution in [3.8, 4) is 5.75 Å². The maximum absolute atomic E-state index is 12.8. The number of hydrogen-bond donors (Lipinski definition) is 0. The van der Waals surface area contributed by atoms with E-state index in [1.807, 2.05) is 12.1 Å². The Bertz CT molecular complexity index is 673. The summed E-state index contributed by atoms with van der Waals surface area (Å²) in [6, 6.07) is 3.68. The van der Waals surface area contributed by atoms with Crippen LogP contribution in [0.15, 0.2) is 12.1 Å². The highest BCUT2D eigenvalue weighted by Gasteiger charge is 2.51. The van der Waals surface area contributed by atoms with E-state index in [1.54, 1.807) is 0 Å². The Morgan fingerprint density at radius 3 is 2.56 bits per heavy atom. The van der Waals surface area contributed by atoms with Crippen molar-refractivity contribution < 1.29 is 19.0 Å². The first-order valence-corrected chi connectivity index (χ1v) is 9.73. The molecule has 0 saturated heterocycles. The van der Waals surface area contributed by atoms with Crippen molar-refractivity contribution in [3.63, 3.8) is 0 Å². The predicted molar refractivity (Wildman–Crippen MR) is 92.1 cm³/mol. The molecule has 0 radical (unpaired) electrons. The lowest BCUT2D eigenvalue weighted by molar-refractivity contribution is -0.163. The Kier molecular flexibility index (Phi) is 3.94. The lowest BCUT2D eigenvalue weighted by Gasteiger charge is -2.53. The van der Waals surface area contributed by atoms with E-state index in [0.29, 0.717) is 23.5 Å². The summed E-state index contributed by atoms with van der Waals surface area (Å²) in [7, 11) is 0. The van der Waals surface area contributed by atoms with Gasteiger partial charge in [-0.1, -0.05) is 11.6 Å². The van der Waals surface area contributed by atoms with Crippen LogP contribution in [0.2, 0.25) is 5.02 Å². The van der Waals surface area contributed by atoms with Crippen LogP contribution in [-0.2, 0) is 27.5 Å². The standard InChI is InChI=1S/C20H23ClO4/c21-17-6-15-8-23-10-25-19(15)16(7-17)9-24-20(22)18-13-2-11-1-12(4-13)5-14(18)3-11/h6-7,11-14,18H,1-5,8-10H2. The summed E-state index contributed by atoms with van der Waals surface area (Å²) in [5.74, 6) is 3.65. The normalized spacial score (nSPS) is 35.2. The fraction of sp³-hybridized carbons (Fsp3) is 0.650. The minimum Gasteiger partial charge on any atom is -0.467 e. The first kappa shape index (κ1) is 16.0. The monoisotopic (exact) mass is 362 g/mol. The molecule has 1 aromatic rings. The number of esters is 1. The molecule has 6 rings (SSSR count). The minimum absolute atomic E-state index is 0.0189. The quantitative estimate of drug-likeness (QED) is 0.751. The molecule has 5 heteroatoms. The molecule has 5 aliphatic rings. The number of carbonyl (C=O) groups is 1. The van der Waals surface area contributed by atoms with Gasteiger partial charge in [0.15, 0.2) is 6.79 Å². The first-order chi connectivity index (χ1) is 12.2. The number of fused-ring (bicyclic) bond motifs is 1. The van der Waals surface area contributed by atoms with Crippen molar-refractivity contribution in [1.82, 2.24) is 0 Å². The van der Waals surface area contributed by atoms with Crippen LogP contribution in [0.4, 0.5) is 0 Å². The van der Waals surface area contributed by atoms with Crippen LogP contribution < -0.4 is 4.74 Å². The SMILES string of the molecule is O=C(OCc1cc(Cl)cc2c1OCOC2)C1C2CC3CC(C2)CC1C3. The Morgan fingerprint density at radius 2 is 1.84 bits per heavy atom. The molecule has 25 heavy (non-hydrogen) atoms. The molecular weight excluding hydrogens is 340 g/mol. The van der Waals surface area contributed by atoms with Crippen molar-refractivity contribution in [3.05, 3.63) is 28.3 Å². The van der Waals surface area contributed by atoms with Crippen LogP contribution >= 0.6 is 11.6 Å². The van der Waals surface area contributed by atoms with E-state index in [0.717, 1.165) is 28.7 Å². The third-order valence-corrected chi connectivity index (χ3v) is 6.84. The van der Waals surface area contributed by atoms with Crippen LogP contribution in [0.1, 0.15) is 43.2 Å². The number of halogens is 1. The summed E-state index contributed by atoms with van der Waals surface area (Å²) in [4.78, 5) is 12.8. The summed E-state index contributed by atoms with van der Waals surface area (Å²) in [6.07, 6.45) is 6.28. The van der Waals surface area contributed by atoms with Gasteiger partial charge in [0.05, 0.1) is 12.5 Å². The molecule has 4 saturated carbocycles. The lowest BCUT2D eigenvalue weighted by Crippen LogP contribution is -2.48. The Balaban J connectivity index is 1.30. The van der Waals surface area contributed by atoms with Crippen LogP contribution in [0, 0.1) is 29.6 Å². The van der Waals surface area contributed by atoms with Crippen LogP contribution in [0.5, 0.6) is 5.75 Å². The van der Waals surface area contributed by atoms with Gasteiger partial charge in [0.1, 0.15) is 12.4 Å². The van der Waals surface area contributed by atoms with E-state index in [2.05, 4.69) is 0 Å². The minimum atomic E-state index is -0.0189. The molecule has 0 atom stereocenters. The summed E-state index contributed by atoms with van der Waals surface area (Å²) < 4.78 is 16.7. The molecule has 0 aromatic heterocycles. The van der Waals surface area contributed by atoms with Crippen LogP contribution in [0.25, 0.3) is 0 Å². The Hall–Kier alpha value is -1.26. The molecule has 1 aromatic carbocycles. The molecule has 1 heterocycles. The van der Waals surface area contributed by atoms with Crippen molar-refractivity contribution in [1.29, 1.82) is 0 Å². The zero-order chi connectivity index (χ0) is 17.0. The van der Waals surface area contributed by atoms with Crippen molar-refractivity contribution >= 4 is 17.6 Å². The highest BCUT2D eigenvalue weighted by molar-refractivity contribution is 6.30. The second-order valence-electron chi connectivity index (χ2n) is 8.23. The van der Waals surface area contributed by atoms with E-state index < -0.39 is 0 Å². The van der Waals surface area contributed by atoms with Crippen LogP contribution in [-0.4, -0.2) is 12.8 Å². The van der Waals surface area contributed by atoms with Gasteiger partial charge < -0.3 is 14.2 Å². The Labute approximate surface area is 152 Å². The highest BCUT2D eigenvalue weighted by atomic mass is 35.5. The van der Waals surface area contributed by atoms with Gasteiger partial charge in [-0.05, 0) is 67.9 Å². The fourth-order valence-corrected chi connectivity index (χ4v) is 6.18. The molecule has 4 aliphatic carbocycles. The number of benzene rings is 1. The lowest BCUT2D eigenvalue weighted by atomic mass is 9.52. The van der Waals surface area contributed by atoms with Gasteiger partial charge in [0, 0.05) is 16.1 Å². The van der Waals surface area contributed by atoms with E-state index in [1.165, 1.54) is 32.1 Å². The van der Waals surface area contributed by atoms with E-state index in [9.17, 15) is 4.79 Å². The summed E-state index contributed by atoms with van der Waals surface area (Å²) in [5.41, 5.74) is 1.75. The summed E-state index contributed by atoms with van der Waals surface area (Å²) >= 11 is 6.19. The molecular formula is C20H23ClO4. The molecule has 0 amide bonds. The zero-order valence-corrected chi connectivity index (χ0v) is 15.0. The fourth-order valence-electron chi connectivity index (χ4n) is 5.92. The predicted octanol–water partition coefficient (Wildman–Crippen LogP) is 4.32. The molecule has 4 fully saturated rings. The van der Waals surface area contributed by atoms with E-state index >= 15 is 0 Å². The van der Waals surface area contributed by atoms with Crippen molar-refractivity contribution in [2.75, 3.05) is 6.79 Å². The second-order valence-corrected chi connectivity index (χ2v) is 8.66. The molecule has 0 unspecified atom stereocenters. The van der Waals surface area contributed by atoms with Crippen molar-refractivity contribution in [2.24, 2.45) is 29.6 Å². The smallest absolute Gasteiger partial charge is 0.309 e. The van der Waals surface area contributed by atoms with Crippen LogP contribution in [0.3, 0.4) is 0 Å². The first-order valence-electron chi connectivity index (χ1n) is 9.36. The average molecular weight is 363 g/mol. The highest BCUT2D eigenvalue weighted by Crippen LogP contribution is 2.56. The van der Waals surface area contributed by atoms with Gasteiger partial charge in [-0.2, -0.15) is 0 Å². The number of ether oxygens (including phenoxy) is 3. The summed E-state index contributed by atoms with van der Waals surface area (Å²) in [6.45, 7) is 0.933. The van der Waals surface area contributed by atoms with Gasteiger partial charge >= 0.3 is 5.97 Å². The molecule has 4 nitrogen and oxygen atoms in total. The van der Waals surface area contributed by atoms with Gasteiger partial charge in [-0.25, -0.2) is 0 Å². The zero-order valence-electron chi connectivity index (χ0n) is 14.2. The van der Waals surface area contributed by atoms with Gasteiger partial charge in [0.2, 0.25) is 0 Å². The van der Waals surface area contributed by atoms with Gasteiger partial charge in [-0.3, -0.25) is 4.79 Å². The molecule has 4 bridgehead atoms. The molecule has 0 N–H and O–H groups in total. The van der Waals surface area contributed by atoms with Crippen molar-refractivity contribution in [2.45, 2.75) is 45.3 Å². The number of carbonyl (C=O) groups excluding carboxylic acids is 1. The third-order valence-electron chi connectivity index (χ3n) is 6.62. The number of hydrogen-bond acceptors (Lipinski definition) is 4. The summed E-state index contributed by atoms with van der Waals surface area (Å²) in [5, 5.41) is 0.619. The Morgan fingerprint density at radius 1 is 1.12 bits per heavy atom. The molecule has 1 aliphatic heterocycles.